The maximum absolute atomic E-state index is 13.0. The van der Waals surface area contributed by atoms with Crippen LogP contribution in [0.4, 0.5) is 0 Å². The van der Waals surface area contributed by atoms with Crippen molar-refractivity contribution < 1.29 is 18.0 Å². The zero-order valence-corrected chi connectivity index (χ0v) is 20.5. The molecule has 2 heterocycles. The van der Waals surface area contributed by atoms with Gasteiger partial charge in [0.25, 0.3) is 0 Å². The SMILES string of the molecule is CC(=O)c1ccc(S(=O)(=O)N2CCN(C(=O)CN3CCC(Cc4ccccc4)CC3)CC2)cc1. The molecule has 0 spiro atoms. The van der Waals surface area contributed by atoms with Gasteiger partial charge in [-0.25, -0.2) is 8.42 Å². The number of Topliss-reactive ketones (excluding diaryl/α,β-unsaturated/α-hetero) is 1. The van der Waals surface area contributed by atoms with Crippen molar-refractivity contribution in [3.8, 4) is 0 Å². The first kappa shape index (κ1) is 24.6. The van der Waals surface area contributed by atoms with Gasteiger partial charge in [0.05, 0.1) is 11.4 Å². The van der Waals surface area contributed by atoms with Crippen molar-refractivity contribution in [2.24, 2.45) is 5.92 Å². The van der Waals surface area contributed by atoms with E-state index >= 15 is 0 Å². The van der Waals surface area contributed by atoms with Crippen LogP contribution >= 0.6 is 0 Å². The fourth-order valence-electron chi connectivity index (χ4n) is 4.78. The number of hydrogen-bond acceptors (Lipinski definition) is 5. The fourth-order valence-corrected chi connectivity index (χ4v) is 6.20. The van der Waals surface area contributed by atoms with Gasteiger partial charge in [-0.1, -0.05) is 42.5 Å². The van der Waals surface area contributed by atoms with Gasteiger partial charge < -0.3 is 4.90 Å². The van der Waals surface area contributed by atoms with E-state index in [1.165, 1.54) is 41.1 Å². The van der Waals surface area contributed by atoms with Gasteiger partial charge in [-0.2, -0.15) is 4.31 Å². The Morgan fingerprint density at radius 2 is 1.47 bits per heavy atom. The Kier molecular flexibility index (Phi) is 7.80. The second kappa shape index (κ2) is 10.8. The molecule has 2 fully saturated rings. The predicted molar refractivity (Wildman–Crippen MR) is 131 cm³/mol. The van der Waals surface area contributed by atoms with Crippen LogP contribution < -0.4 is 0 Å². The lowest BCUT2D eigenvalue weighted by atomic mass is 9.90. The first-order chi connectivity index (χ1) is 16.3. The van der Waals surface area contributed by atoms with Crippen LogP contribution in [0.1, 0.15) is 35.7 Å². The number of ketones is 1. The number of hydrogen-bond donors (Lipinski definition) is 0. The van der Waals surface area contributed by atoms with Crippen molar-refractivity contribution in [3.63, 3.8) is 0 Å². The molecule has 4 rings (SSSR count). The van der Waals surface area contributed by atoms with Gasteiger partial charge in [0.1, 0.15) is 0 Å². The summed E-state index contributed by atoms with van der Waals surface area (Å²) in [5.74, 6) is 0.632. The Morgan fingerprint density at radius 3 is 2.06 bits per heavy atom. The molecule has 0 bridgehead atoms. The Bertz CT molecular complexity index is 1090. The molecule has 0 radical (unpaired) electrons. The Hall–Kier alpha value is -2.55. The molecule has 2 saturated heterocycles. The highest BCUT2D eigenvalue weighted by atomic mass is 32.2. The average Bonchev–Trinajstić information content (AvgIpc) is 2.86. The molecule has 2 aliphatic heterocycles. The van der Waals surface area contributed by atoms with Crippen molar-refractivity contribution >= 4 is 21.7 Å². The molecule has 1 amide bonds. The number of sulfonamides is 1. The average molecular weight is 484 g/mol. The normalized spacial score (nSPS) is 18.7. The molecule has 8 heteroatoms. The zero-order chi connectivity index (χ0) is 24.1. The number of amides is 1. The summed E-state index contributed by atoms with van der Waals surface area (Å²) in [5, 5.41) is 0. The van der Waals surface area contributed by atoms with Crippen molar-refractivity contribution in [3.05, 3.63) is 65.7 Å². The lowest BCUT2D eigenvalue weighted by Crippen LogP contribution is -2.53. The Labute approximate surface area is 202 Å². The van der Waals surface area contributed by atoms with Crippen molar-refractivity contribution in [1.29, 1.82) is 0 Å². The number of carbonyl (C=O) groups is 2. The summed E-state index contributed by atoms with van der Waals surface area (Å²) in [5.41, 5.74) is 1.86. The van der Waals surface area contributed by atoms with Crippen LogP contribution in [0.2, 0.25) is 0 Å². The summed E-state index contributed by atoms with van der Waals surface area (Å²) in [4.78, 5) is 28.5. The van der Waals surface area contributed by atoms with Gasteiger partial charge in [-0.05, 0) is 62.9 Å². The molecular weight excluding hydrogens is 450 g/mol. The van der Waals surface area contributed by atoms with E-state index in [1.54, 1.807) is 4.90 Å². The minimum atomic E-state index is -3.64. The predicted octanol–water partition coefficient (Wildman–Crippen LogP) is 2.68. The van der Waals surface area contributed by atoms with Gasteiger partial charge in [-0.15, -0.1) is 0 Å². The number of carbonyl (C=O) groups excluding carboxylic acids is 2. The third-order valence-corrected chi connectivity index (χ3v) is 8.84. The monoisotopic (exact) mass is 483 g/mol. The van der Waals surface area contributed by atoms with E-state index in [2.05, 4.69) is 29.2 Å². The minimum absolute atomic E-state index is 0.0735. The van der Waals surface area contributed by atoms with Crippen LogP contribution in [-0.2, 0) is 21.2 Å². The third kappa shape index (κ3) is 5.92. The topological polar surface area (TPSA) is 78.0 Å². The number of nitrogens with zero attached hydrogens (tertiary/aromatic N) is 3. The molecule has 34 heavy (non-hydrogen) atoms. The van der Waals surface area contributed by atoms with Crippen molar-refractivity contribution in [2.45, 2.75) is 31.1 Å². The van der Waals surface area contributed by atoms with Crippen LogP contribution in [0.25, 0.3) is 0 Å². The summed E-state index contributed by atoms with van der Waals surface area (Å²) < 4.78 is 27.3. The molecule has 2 aromatic carbocycles. The Balaban J connectivity index is 1.23. The van der Waals surface area contributed by atoms with E-state index in [-0.39, 0.29) is 29.7 Å². The van der Waals surface area contributed by atoms with E-state index in [1.807, 2.05) is 6.07 Å². The quantitative estimate of drug-likeness (QED) is 0.566. The maximum atomic E-state index is 13.0. The van der Waals surface area contributed by atoms with E-state index in [0.717, 1.165) is 32.4 Å². The highest BCUT2D eigenvalue weighted by molar-refractivity contribution is 7.89. The number of piperazine rings is 1. The molecule has 0 unspecified atom stereocenters. The van der Waals surface area contributed by atoms with Crippen LogP contribution in [0.3, 0.4) is 0 Å². The standard InChI is InChI=1S/C26H33N3O4S/c1-21(30)24-7-9-25(10-8-24)34(32,33)29-17-15-28(16-18-29)26(31)20-27-13-11-23(12-14-27)19-22-5-3-2-4-6-22/h2-10,23H,11-20H2,1H3. The van der Waals surface area contributed by atoms with Crippen LogP contribution in [0.5, 0.6) is 0 Å². The summed E-state index contributed by atoms with van der Waals surface area (Å²) in [6, 6.07) is 16.6. The number of piperidine rings is 1. The molecule has 182 valence electrons. The molecule has 0 aromatic heterocycles. The molecule has 0 atom stereocenters. The van der Waals surface area contributed by atoms with Crippen LogP contribution in [0.15, 0.2) is 59.5 Å². The molecule has 0 saturated carbocycles. The molecule has 7 nitrogen and oxygen atoms in total. The highest BCUT2D eigenvalue weighted by Gasteiger charge is 2.31. The molecule has 0 N–H and O–H groups in total. The summed E-state index contributed by atoms with van der Waals surface area (Å²) >= 11 is 0. The maximum Gasteiger partial charge on any atom is 0.243 e. The Morgan fingerprint density at radius 1 is 0.853 bits per heavy atom. The van der Waals surface area contributed by atoms with Gasteiger partial charge in [-0.3, -0.25) is 14.5 Å². The van der Waals surface area contributed by atoms with E-state index in [4.69, 9.17) is 0 Å². The molecular formula is C26H33N3O4S. The molecule has 2 aromatic rings. The molecule has 0 aliphatic carbocycles. The lowest BCUT2D eigenvalue weighted by molar-refractivity contribution is -0.134. The van der Waals surface area contributed by atoms with E-state index in [9.17, 15) is 18.0 Å². The fraction of sp³-hybridized carbons (Fsp3) is 0.462. The second-order valence-electron chi connectivity index (χ2n) is 9.27. The first-order valence-electron chi connectivity index (χ1n) is 12.0. The largest absolute Gasteiger partial charge is 0.339 e. The van der Waals surface area contributed by atoms with Gasteiger partial charge >= 0.3 is 0 Å². The lowest BCUT2D eigenvalue weighted by Gasteiger charge is -2.36. The van der Waals surface area contributed by atoms with E-state index in [0.29, 0.717) is 31.1 Å². The van der Waals surface area contributed by atoms with Gasteiger partial charge in [0, 0.05) is 31.7 Å². The number of likely N-dealkylation sites (tertiary alicyclic amines) is 1. The van der Waals surface area contributed by atoms with Crippen LogP contribution in [0, 0.1) is 5.92 Å². The smallest absolute Gasteiger partial charge is 0.243 e. The summed E-state index contributed by atoms with van der Waals surface area (Å²) in [7, 11) is -3.64. The first-order valence-corrected chi connectivity index (χ1v) is 13.4. The van der Waals surface area contributed by atoms with Gasteiger partial charge in [0.2, 0.25) is 15.9 Å². The van der Waals surface area contributed by atoms with E-state index < -0.39 is 10.0 Å². The van der Waals surface area contributed by atoms with Crippen LogP contribution in [-0.4, -0.2) is 80.0 Å². The highest BCUT2D eigenvalue weighted by Crippen LogP contribution is 2.22. The van der Waals surface area contributed by atoms with Gasteiger partial charge in [0.15, 0.2) is 5.78 Å². The third-order valence-electron chi connectivity index (χ3n) is 6.92. The second-order valence-corrected chi connectivity index (χ2v) is 11.2. The summed E-state index contributed by atoms with van der Waals surface area (Å²) in [6.07, 6.45) is 3.28. The van der Waals surface area contributed by atoms with Crippen molar-refractivity contribution in [2.75, 3.05) is 45.8 Å². The van der Waals surface area contributed by atoms with Crippen molar-refractivity contribution in [1.82, 2.24) is 14.1 Å². The zero-order valence-electron chi connectivity index (χ0n) is 19.7. The number of benzene rings is 2. The minimum Gasteiger partial charge on any atom is -0.339 e. The number of rotatable bonds is 7. The molecule has 2 aliphatic rings. The summed E-state index contributed by atoms with van der Waals surface area (Å²) in [6.45, 7) is 5.05.